The van der Waals surface area contributed by atoms with Gasteiger partial charge in [0, 0.05) is 12.0 Å². The largest absolute Gasteiger partial charge is 0.330 e. The van der Waals surface area contributed by atoms with Gasteiger partial charge in [-0.3, -0.25) is 4.79 Å². The molecule has 5 heteroatoms. The van der Waals surface area contributed by atoms with Gasteiger partial charge in [0.2, 0.25) is 0 Å². The van der Waals surface area contributed by atoms with Crippen LogP contribution in [0.15, 0.2) is 18.2 Å². The number of benzene rings is 1. The van der Waals surface area contributed by atoms with Crippen LogP contribution in [0.4, 0.5) is 13.2 Å². The summed E-state index contributed by atoms with van der Waals surface area (Å²) in [6, 6.07) is 2.92. The number of alkyl halides is 2. The van der Waals surface area contributed by atoms with Gasteiger partial charge in [0.1, 0.15) is 5.82 Å². The molecule has 2 nitrogen and oxygen atoms in total. The number of nitrogens with two attached hydrogens (primary N) is 1. The van der Waals surface area contributed by atoms with Crippen molar-refractivity contribution in [3.8, 4) is 0 Å². The van der Waals surface area contributed by atoms with Crippen LogP contribution in [0.3, 0.4) is 0 Å². The van der Waals surface area contributed by atoms with Gasteiger partial charge in [0.15, 0.2) is 5.78 Å². The number of carbonyl (C=O) groups is 1. The normalized spacial score (nSPS) is 10.7. The first-order valence-corrected chi connectivity index (χ1v) is 4.37. The Morgan fingerprint density at radius 2 is 2.07 bits per heavy atom. The molecule has 0 spiro atoms. The van der Waals surface area contributed by atoms with Crippen molar-refractivity contribution in [2.45, 2.75) is 12.8 Å². The number of hydrogen-bond donors (Lipinski definition) is 1. The molecular formula is C10H10F3NO. The number of hydrogen-bond acceptors (Lipinski definition) is 2. The van der Waals surface area contributed by atoms with Gasteiger partial charge in [-0.2, -0.15) is 0 Å². The van der Waals surface area contributed by atoms with Crippen molar-refractivity contribution in [2.75, 3.05) is 6.54 Å². The van der Waals surface area contributed by atoms with Crippen molar-refractivity contribution >= 4 is 5.78 Å². The maximum absolute atomic E-state index is 13.0. The van der Waals surface area contributed by atoms with E-state index in [0.717, 1.165) is 12.1 Å². The van der Waals surface area contributed by atoms with Gasteiger partial charge < -0.3 is 5.73 Å². The minimum Gasteiger partial charge on any atom is -0.330 e. The van der Waals surface area contributed by atoms with Crippen LogP contribution >= 0.6 is 0 Å². The second kappa shape index (κ2) is 4.93. The van der Waals surface area contributed by atoms with Crippen LogP contribution in [0.2, 0.25) is 0 Å². The van der Waals surface area contributed by atoms with Crippen LogP contribution in [-0.2, 0) is 0 Å². The molecule has 0 saturated heterocycles. The van der Waals surface area contributed by atoms with E-state index in [1.165, 1.54) is 6.07 Å². The molecule has 0 aliphatic rings. The number of carbonyl (C=O) groups excluding carboxylic acids is 1. The average molecular weight is 217 g/mol. The predicted molar refractivity (Wildman–Crippen MR) is 49.4 cm³/mol. The van der Waals surface area contributed by atoms with E-state index in [2.05, 4.69) is 0 Å². The molecule has 2 N–H and O–H groups in total. The SMILES string of the molecule is NCCC(=O)c1ccc(C(F)F)c(F)c1. The van der Waals surface area contributed by atoms with E-state index >= 15 is 0 Å². The quantitative estimate of drug-likeness (QED) is 0.786. The molecule has 0 aliphatic heterocycles. The smallest absolute Gasteiger partial charge is 0.266 e. The van der Waals surface area contributed by atoms with Gasteiger partial charge in [-0.05, 0) is 18.7 Å². The summed E-state index contributed by atoms with van der Waals surface area (Å²) in [5.74, 6) is -1.41. The van der Waals surface area contributed by atoms with E-state index in [-0.39, 0.29) is 24.3 Å². The first kappa shape index (κ1) is 11.7. The Morgan fingerprint density at radius 3 is 2.53 bits per heavy atom. The highest BCUT2D eigenvalue weighted by atomic mass is 19.3. The lowest BCUT2D eigenvalue weighted by Gasteiger charge is -2.04. The maximum Gasteiger partial charge on any atom is 0.266 e. The molecule has 0 aromatic heterocycles. The molecule has 82 valence electrons. The third kappa shape index (κ3) is 2.79. The second-order valence-corrected chi connectivity index (χ2v) is 3.00. The van der Waals surface area contributed by atoms with Crippen molar-refractivity contribution in [2.24, 2.45) is 5.73 Å². The molecule has 15 heavy (non-hydrogen) atoms. The molecule has 0 unspecified atom stereocenters. The summed E-state index contributed by atoms with van der Waals surface area (Å²) in [7, 11) is 0. The maximum atomic E-state index is 13.0. The Balaban J connectivity index is 2.96. The molecule has 0 atom stereocenters. The first-order chi connectivity index (χ1) is 7.06. The highest BCUT2D eigenvalue weighted by Crippen LogP contribution is 2.22. The summed E-state index contributed by atoms with van der Waals surface area (Å²) in [5.41, 5.74) is 4.52. The minimum atomic E-state index is -2.87. The second-order valence-electron chi connectivity index (χ2n) is 3.00. The molecular weight excluding hydrogens is 207 g/mol. The zero-order chi connectivity index (χ0) is 11.4. The third-order valence-electron chi connectivity index (χ3n) is 1.93. The fourth-order valence-corrected chi connectivity index (χ4v) is 1.15. The molecule has 1 rings (SSSR count). The Morgan fingerprint density at radius 1 is 1.40 bits per heavy atom. The van der Waals surface area contributed by atoms with Gasteiger partial charge in [0.05, 0.1) is 5.56 Å². The topological polar surface area (TPSA) is 43.1 Å². The number of halogens is 3. The van der Waals surface area contributed by atoms with Gasteiger partial charge in [0.25, 0.3) is 6.43 Å². The Bertz CT molecular complexity index is 366. The molecule has 0 saturated carbocycles. The van der Waals surface area contributed by atoms with Crippen molar-refractivity contribution < 1.29 is 18.0 Å². The summed E-state index contributed by atoms with van der Waals surface area (Å²) in [6.45, 7) is 0.150. The fraction of sp³-hybridized carbons (Fsp3) is 0.300. The molecule has 0 heterocycles. The summed E-state index contributed by atoms with van der Waals surface area (Å²) in [6.07, 6.45) is -2.79. The minimum absolute atomic E-state index is 0.0716. The van der Waals surface area contributed by atoms with Crippen LogP contribution in [0.5, 0.6) is 0 Å². The number of ketones is 1. The van der Waals surface area contributed by atoms with Crippen LogP contribution in [-0.4, -0.2) is 12.3 Å². The van der Waals surface area contributed by atoms with Crippen LogP contribution in [0, 0.1) is 5.82 Å². The molecule has 0 bridgehead atoms. The third-order valence-corrected chi connectivity index (χ3v) is 1.93. The Hall–Kier alpha value is -1.36. The summed E-state index contributed by atoms with van der Waals surface area (Å²) < 4.78 is 37.4. The lowest BCUT2D eigenvalue weighted by atomic mass is 10.1. The zero-order valence-electron chi connectivity index (χ0n) is 7.84. The van der Waals surface area contributed by atoms with E-state index in [1.54, 1.807) is 0 Å². The van der Waals surface area contributed by atoms with Crippen LogP contribution in [0.1, 0.15) is 28.8 Å². The lowest BCUT2D eigenvalue weighted by molar-refractivity contribution is 0.0984. The van der Waals surface area contributed by atoms with E-state index in [1.807, 2.05) is 0 Å². The zero-order valence-corrected chi connectivity index (χ0v) is 7.84. The Kier molecular flexibility index (Phi) is 3.85. The first-order valence-electron chi connectivity index (χ1n) is 4.37. The van der Waals surface area contributed by atoms with Crippen molar-refractivity contribution in [3.63, 3.8) is 0 Å². The van der Waals surface area contributed by atoms with Gasteiger partial charge in [-0.25, -0.2) is 13.2 Å². The monoisotopic (exact) mass is 217 g/mol. The van der Waals surface area contributed by atoms with Gasteiger partial charge >= 0.3 is 0 Å². The molecule has 0 radical (unpaired) electrons. The molecule has 0 amide bonds. The highest BCUT2D eigenvalue weighted by molar-refractivity contribution is 5.96. The highest BCUT2D eigenvalue weighted by Gasteiger charge is 2.15. The summed E-state index contributed by atoms with van der Waals surface area (Å²) >= 11 is 0. The van der Waals surface area contributed by atoms with E-state index in [9.17, 15) is 18.0 Å². The lowest BCUT2D eigenvalue weighted by Crippen LogP contribution is -2.08. The van der Waals surface area contributed by atoms with E-state index in [0.29, 0.717) is 0 Å². The molecule has 1 aromatic rings. The molecule has 0 fully saturated rings. The van der Waals surface area contributed by atoms with E-state index < -0.39 is 17.8 Å². The number of rotatable bonds is 4. The van der Waals surface area contributed by atoms with Crippen molar-refractivity contribution in [1.29, 1.82) is 0 Å². The van der Waals surface area contributed by atoms with Crippen LogP contribution < -0.4 is 5.73 Å². The summed E-state index contributed by atoms with van der Waals surface area (Å²) in [5, 5.41) is 0. The number of Topliss-reactive ketones (excluding diaryl/α,β-unsaturated/α-hetero) is 1. The molecule has 0 aliphatic carbocycles. The van der Waals surface area contributed by atoms with Gasteiger partial charge in [-0.15, -0.1) is 0 Å². The Labute approximate surface area is 84.9 Å². The van der Waals surface area contributed by atoms with Crippen LogP contribution in [0.25, 0.3) is 0 Å². The van der Waals surface area contributed by atoms with Gasteiger partial charge in [-0.1, -0.05) is 6.07 Å². The van der Waals surface area contributed by atoms with E-state index in [4.69, 9.17) is 5.73 Å². The predicted octanol–water partition coefficient (Wildman–Crippen LogP) is 2.29. The average Bonchev–Trinajstić information content (AvgIpc) is 2.17. The standard InChI is InChI=1S/C10H10F3NO/c11-8-5-6(9(15)3-4-14)1-2-7(8)10(12)13/h1-2,5,10H,3-4,14H2. The molecule has 1 aromatic carbocycles. The fourth-order valence-electron chi connectivity index (χ4n) is 1.15. The summed E-state index contributed by atoms with van der Waals surface area (Å²) in [4.78, 5) is 11.2. The van der Waals surface area contributed by atoms with Crippen molar-refractivity contribution in [1.82, 2.24) is 0 Å². The van der Waals surface area contributed by atoms with Crippen molar-refractivity contribution in [3.05, 3.63) is 35.1 Å².